The van der Waals surface area contributed by atoms with Crippen molar-refractivity contribution in [2.24, 2.45) is 0 Å². The smallest absolute Gasteiger partial charge is 0.238 e. The number of furan rings is 1. The van der Waals surface area contributed by atoms with Crippen molar-refractivity contribution in [1.82, 2.24) is 24.1 Å². The Balaban J connectivity index is 1.15. The molecule has 0 aliphatic heterocycles. The van der Waals surface area contributed by atoms with E-state index in [0.29, 0.717) is 17.6 Å². The second-order valence-electron chi connectivity index (χ2n) is 14.4. The third kappa shape index (κ3) is 4.81. The van der Waals surface area contributed by atoms with Gasteiger partial charge in [-0.3, -0.25) is 4.57 Å². The van der Waals surface area contributed by atoms with Crippen molar-refractivity contribution in [3.8, 4) is 45.5 Å². The number of benzene rings is 8. The Morgan fingerprint density at radius 2 is 0.982 bits per heavy atom. The molecular formula is C51H31N5O. The maximum atomic E-state index is 6.27. The highest BCUT2D eigenvalue weighted by Crippen LogP contribution is 2.42. The van der Waals surface area contributed by atoms with E-state index in [4.69, 9.17) is 19.4 Å². The summed E-state index contributed by atoms with van der Waals surface area (Å²) in [6, 6.07) is 65.4. The lowest BCUT2D eigenvalue weighted by Gasteiger charge is -2.12. The lowest BCUT2D eigenvalue weighted by molar-refractivity contribution is 0.669. The third-order valence-corrected chi connectivity index (χ3v) is 11.2. The second-order valence-corrected chi connectivity index (χ2v) is 14.4. The minimum absolute atomic E-state index is 0.558. The van der Waals surface area contributed by atoms with E-state index in [0.717, 1.165) is 93.5 Å². The molecule has 0 fully saturated rings. The van der Waals surface area contributed by atoms with Crippen molar-refractivity contribution < 1.29 is 4.42 Å². The summed E-state index contributed by atoms with van der Waals surface area (Å²) in [6.07, 6.45) is 0. The van der Waals surface area contributed by atoms with Gasteiger partial charge >= 0.3 is 0 Å². The molecule has 0 atom stereocenters. The van der Waals surface area contributed by atoms with Crippen molar-refractivity contribution in [1.29, 1.82) is 0 Å². The van der Waals surface area contributed by atoms with E-state index >= 15 is 0 Å². The summed E-state index contributed by atoms with van der Waals surface area (Å²) in [5, 5.41) is 6.77. The van der Waals surface area contributed by atoms with Crippen molar-refractivity contribution >= 4 is 65.6 Å². The summed E-state index contributed by atoms with van der Waals surface area (Å²) in [5.41, 5.74) is 11.1. The first kappa shape index (κ1) is 31.5. The molecule has 0 saturated heterocycles. The molecule has 0 amide bonds. The van der Waals surface area contributed by atoms with E-state index < -0.39 is 0 Å². The summed E-state index contributed by atoms with van der Waals surface area (Å²) in [4.78, 5) is 15.8. The van der Waals surface area contributed by atoms with Gasteiger partial charge in [-0.05, 0) is 59.7 Å². The van der Waals surface area contributed by atoms with Crippen LogP contribution in [0.4, 0.5) is 0 Å². The number of fused-ring (bicyclic) bond motifs is 10. The number of para-hydroxylation sites is 4. The summed E-state index contributed by atoms with van der Waals surface area (Å²) in [6.45, 7) is 0. The van der Waals surface area contributed by atoms with Crippen LogP contribution in [0.3, 0.4) is 0 Å². The molecule has 0 saturated carbocycles. The highest BCUT2D eigenvalue weighted by Gasteiger charge is 2.23. The lowest BCUT2D eigenvalue weighted by Crippen LogP contribution is -2.06. The van der Waals surface area contributed by atoms with E-state index in [9.17, 15) is 0 Å². The average molecular weight is 730 g/mol. The first-order valence-electron chi connectivity index (χ1n) is 19.1. The summed E-state index contributed by atoms with van der Waals surface area (Å²) in [7, 11) is 0. The van der Waals surface area contributed by atoms with Crippen molar-refractivity contribution in [3.63, 3.8) is 0 Å². The summed E-state index contributed by atoms with van der Waals surface area (Å²) in [5.74, 6) is 1.76. The van der Waals surface area contributed by atoms with Crippen LogP contribution in [0.2, 0.25) is 0 Å². The van der Waals surface area contributed by atoms with E-state index in [1.54, 1.807) is 0 Å². The van der Waals surface area contributed by atoms with Crippen LogP contribution in [-0.2, 0) is 0 Å². The Labute approximate surface area is 326 Å². The molecule has 0 radical (unpaired) electrons. The van der Waals surface area contributed by atoms with E-state index in [1.165, 1.54) is 0 Å². The van der Waals surface area contributed by atoms with Crippen LogP contribution in [0.15, 0.2) is 192 Å². The molecule has 0 aliphatic rings. The zero-order valence-electron chi connectivity index (χ0n) is 30.5. The van der Waals surface area contributed by atoms with Crippen molar-refractivity contribution in [3.05, 3.63) is 188 Å². The van der Waals surface area contributed by atoms with Gasteiger partial charge in [-0.15, -0.1) is 0 Å². The molecule has 6 nitrogen and oxygen atoms in total. The molecule has 8 aromatic carbocycles. The van der Waals surface area contributed by atoms with Crippen LogP contribution in [0, 0.1) is 0 Å². The molecule has 4 heterocycles. The van der Waals surface area contributed by atoms with Gasteiger partial charge in [0.25, 0.3) is 0 Å². The van der Waals surface area contributed by atoms with Gasteiger partial charge in [-0.1, -0.05) is 140 Å². The lowest BCUT2D eigenvalue weighted by atomic mass is 9.98. The van der Waals surface area contributed by atoms with Crippen molar-refractivity contribution in [2.75, 3.05) is 0 Å². The van der Waals surface area contributed by atoms with Crippen LogP contribution in [-0.4, -0.2) is 24.1 Å². The number of aromatic nitrogens is 5. The molecule has 0 unspecified atom stereocenters. The van der Waals surface area contributed by atoms with E-state index in [2.05, 4.69) is 161 Å². The molecular weight excluding hydrogens is 699 g/mol. The third-order valence-electron chi connectivity index (χ3n) is 11.2. The number of hydrogen-bond donors (Lipinski definition) is 0. The second kappa shape index (κ2) is 12.3. The van der Waals surface area contributed by atoms with Gasteiger partial charge < -0.3 is 8.98 Å². The summed E-state index contributed by atoms with van der Waals surface area (Å²) >= 11 is 0. The van der Waals surface area contributed by atoms with E-state index in [1.807, 2.05) is 36.4 Å². The number of nitrogens with zero attached hydrogens (tertiary/aromatic N) is 5. The fourth-order valence-electron chi connectivity index (χ4n) is 8.72. The normalized spacial score (nSPS) is 11.9. The maximum absolute atomic E-state index is 6.27. The molecule has 0 aliphatic carbocycles. The SMILES string of the molecule is c1ccc(-c2nc(-c3cccc(-c4cccc5oc6ccccc6c45)c3)nc(-n3c4ccccc4c4ccc5c(c6ccccc6n5-c5ccccc5)c43)n2)cc1. The Morgan fingerprint density at radius 1 is 0.368 bits per heavy atom. The fourth-order valence-corrected chi connectivity index (χ4v) is 8.72. The predicted octanol–water partition coefficient (Wildman–Crippen LogP) is 13.0. The predicted molar refractivity (Wildman–Crippen MR) is 232 cm³/mol. The first-order chi connectivity index (χ1) is 28.3. The molecule has 0 N–H and O–H groups in total. The number of rotatable bonds is 5. The van der Waals surface area contributed by atoms with Crippen LogP contribution in [0.25, 0.3) is 111 Å². The summed E-state index contributed by atoms with van der Waals surface area (Å²) < 4.78 is 10.9. The molecule has 0 spiro atoms. The van der Waals surface area contributed by atoms with Gasteiger partial charge in [0.1, 0.15) is 11.2 Å². The maximum Gasteiger partial charge on any atom is 0.238 e. The van der Waals surface area contributed by atoms with Gasteiger partial charge in [-0.2, -0.15) is 9.97 Å². The topological polar surface area (TPSA) is 61.7 Å². The minimum Gasteiger partial charge on any atom is -0.456 e. The molecule has 266 valence electrons. The Morgan fingerprint density at radius 3 is 1.81 bits per heavy atom. The van der Waals surface area contributed by atoms with Gasteiger partial charge in [0, 0.05) is 49.1 Å². The fraction of sp³-hybridized carbons (Fsp3) is 0. The van der Waals surface area contributed by atoms with Crippen LogP contribution in [0.5, 0.6) is 0 Å². The van der Waals surface area contributed by atoms with E-state index in [-0.39, 0.29) is 0 Å². The molecule has 12 rings (SSSR count). The molecule has 57 heavy (non-hydrogen) atoms. The van der Waals surface area contributed by atoms with Gasteiger partial charge in [0.15, 0.2) is 11.6 Å². The quantitative estimate of drug-likeness (QED) is 0.177. The molecule has 6 heteroatoms. The van der Waals surface area contributed by atoms with Crippen LogP contribution < -0.4 is 0 Å². The van der Waals surface area contributed by atoms with Gasteiger partial charge in [-0.25, -0.2) is 4.98 Å². The molecule has 0 bridgehead atoms. The Bertz CT molecular complexity index is 3520. The molecule has 4 aromatic heterocycles. The van der Waals surface area contributed by atoms with Crippen molar-refractivity contribution in [2.45, 2.75) is 0 Å². The molecule has 12 aromatic rings. The monoisotopic (exact) mass is 729 g/mol. The van der Waals surface area contributed by atoms with Crippen LogP contribution in [0.1, 0.15) is 0 Å². The standard InChI is InChI=1S/C51H31N5O/c1-3-15-32(16-4-1)49-52-50(34-18-13-17-33(31-34)36-24-14-28-45-46(36)40-23-9-12-27-44(40)57-45)54-51(53-49)56-41-25-10-7-21-37(41)38-29-30-43-47(48(38)56)39-22-8-11-26-42(39)55(43)35-19-5-2-6-20-35/h1-31H. The minimum atomic E-state index is 0.558. The zero-order valence-corrected chi connectivity index (χ0v) is 30.5. The number of hydrogen-bond acceptors (Lipinski definition) is 4. The first-order valence-corrected chi connectivity index (χ1v) is 19.1. The van der Waals surface area contributed by atoms with Gasteiger partial charge in [0.05, 0.1) is 22.1 Å². The Kier molecular flexibility index (Phi) is 6.83. The average Bonchev–Trinajstić information content (AvgIpc) is 3.95. The zero-order chi connectivity index (χ0) is 37.5. The Hall–Kier alpha value is -7.83. The van der Waals surface area contributed by atoms with Crippen LogP contribution >= 0.6 is 0 Å². The largest absolute Gasteiger partial charge is 0.456 e. The highest BCUT2D eigenvalue weighted by molar-refractivity contribution is 6.26. The highest BCUT2D eigenvalue weighted by atomic mass is 16.3. The van der Waals surface area contributed by atoms with Gasteiger partial charge in [0.2, 0.25) is 5.95 Å².